The summed E-state index contributed by atoms with van der Waals surface area (Å²) in [5, 5.41) is 3.22. The normalized spacial score (nSPS) is 23.0. The van der Waals surface area contributed by atoms with Crippen LogP contribution in [0.2, 0.25) is 0 Å². The zero-order chi connectivity index (χ0) is 10.2. The number of nitrogens with zero attached hydrogens (tertiary/aromatic N) is 1. The molecule has 0 saturated heterocycles. The zero-order valence-corrected chi connectivity index (χ0v) is 9.39. The van der Waals surface area contributed by atoms with Gasteiger partial charge < -0.3 is 5.32 Å². The predicted molar refractivity (Wildman–Crippen MR) is 55.6 cm³/mol. The zero-order valence-electron chi connectivity index (χ0n) is 8.57. The largest absolute Gasteiger partial charge is 0.313 e. The molecule has 0 atom stereocenters. The van der Waals surface area contributed by atoms with Crippen molar-refractivity contribution >= 4 is 10.0 Å². The molecule has 0 aromatic rings. The molecule has 2 aliphatic carbocycles. The third-order valence-electron chi connectivity index (χ3n) is 2.87. The molecular weight excluding hydrogens is 200 g/mol. The Kier molecular flexibility index (Phi) is 2.81. The van der Waals surface area contributed by atoms with Gasteiger partial charge in [0, 0.05) is 25.7 Å². The van der Waals surface area contributed by atoms with E-state index in [4.69, 9.17) is 0 Å². The van der Waals surface area contributed by atoms with Gasteiger partial charge in [0.15, 0.2) is 0 Å². The molecule has 0 aromatic heterocycles. The third kappa shape index (κ3) is 2.68. The van der Waals surface area contributed by atoms with Crippen LogP contribution in [0, 0.1) is 0 Å². The minimum atomic E-state index is -2.99. The van der Waals surface area contributed by atoms with E-state index in [1.54, 1.807) is 11.4 Å². The Balaban J connectivity index is 1.75. The van der Waals surface area contributed by atoms with Crippen molar-refractivity contribution in [3.05, 3.63) is 0 Å². The van der Waals surface area contributed by atoms with E-state index >= 15 is 0 Å². The molecule has 82 valence electrons. The smallest absolute Gasteiger partial charge is 0.215 e. The molecule has 2 fully saturated rings. The molecule has 0 amide bonds. The second-order valence-corrected chi connectivity index (χ2v) is 6.44. The van der Waals surface area contributed by atoms with Crippen LogP contribution in [0.1, 0.15) is 25.7 Å². The molecule has 2 rings (SSSR count). The maximum absolute atomic E-state index is 11.7. The van der Waals surface area contributed by atoms with Crippen LogP contribution in [-0.4, -0.2) is 44.2 Å². The first-order valence-corrected chi connectivity index (χ1v) is 6.89. The molecular formula is C9H18N2O2S. The summed E-state index contributed by atoms with van der Waals surface area (Å²) in [6.07, 6.45) is 4.48. The highest BCUT2D eigenvalue weighted by atomic mass is 32.2. The van der Waals surface area contributed by atoms with Crippen LogP contribution in [-0.2, 0) is 10.0 Å². The summed E-state index contributed by atoms with van der Waals surface area (Å²) in [5.41, 5.74) is 0. The lowest BCUT2D eigenvalue weighted by Crippen LogP contribution is -2.35. The van der Waals surface area contributed by atoms with Crippen molar-refractivity contribution in [2.45, 2.75) is 37.8 Å². The Morgan fingerprint density at radius 2 is 1.93 bits per heavy atom. The van der Waals surface area contributed by atoms with Gasteiger partial charge in [0.2, 0.25) is 10.0 Å². The van der Waals surface area contributed by atoms with Crippen LogP contribution in [0.25, 0.3) is 0 Å². The SMILES string of the molecule is CN(C1CC1)S(=O)(=O)CCNC1CC1. The van der Waals surface area contributed by atoms with Gasteiger partial charge in [-0.2, -0.15) is 0 Å². The van der Waals surface area contributed by atoms with Gasteiger partial charge in [0.25, 0.3) is 0 Å². The average Bonchev–Trinajstić information content (AvgIpc) is 2.98. The van der Waals surface area contributed by atoms with Crippen LogP contribution in [0.4, 0.5) is 0 Å². The molecule has 1 N–H and O–H groups in total. The number of nitrogens with one attached hydrogen (secondary N) is 1. The molecule has 0 aliphatic heterocycles. The van der Waals surface area contributed by atoms with E-state index < -0.39 is 10.0 Å². The van der Waals surface area contributed by atoms with Crippen molar-refractivity contribution in [2.75, 3.05) is 19.3 Å². The second kappa shape index (κ2) is 3.79. The van der Waals surface area contributed by atoms with Gasteiger partial charge in [0.1, 0.15) is 0 Å². The van der Waals surface area contributed by atoms with Crippen molar-refractivity contribution in [1.82, 2.24) is 9.62 Å². The van der Waals surface area contributed by atoms with Crippen LogP contribution in [0.15, 0.2) is 0 Å². The Hall–Kier alpha value is -0.130. The first kappa shape index (κ1) is 10.4. The molecule has 0 spiro atoms. The quantitative estimate of drug-likeness (QED) is 0.691. The van der Waals surface area contributed by atoms with Crippen molar-refractivity contribution in [2.24, 2.45) is 0 Å². The Labute approximate surface area is 85.7 Å². The molecule has 0 heterocycles. The summed E-state index contributed by atoms with van der Waals surface area (Å²) in [6.45, 7) is 0.601. The van der Waals surface area contributed by atoms with Crippen LogP contribution >= 0.6 is 0 Å². The van der Waals surface area contributed by atoms with Crippen LogP contribution < -0.4 is 5.32 Å². The molecule has 2 aliphatic rings. The van der Waals surface area contributed by atoms with Gasteiger partial charge in [0.05, 0.1) is 5.75 Å². The van der Waals surface area contributed by atoms with Gasteiger partial charge in [-0.25, -0.2) is 12.7 Å². The number of sulfonamides is 1. The van der Waals surface area contributed by atoms with Gasteiger partial charge in [-0.1, -0.05) is 0 Å². The fraction of sp³-hybridized carbons (Fsp3) is 1.00. The van der Waals surface area contributed by atoms with E-state index in [0.29, 0.717) is 18.6 Å². The maximum atomic E-state index is 11.7. The summed E-state index contributed by atoms with van der Waals surface area (Å²) in [4.78, 5) is 0. The standard InChI is InChI=1S/C9H18N2O2S/c1-11(9-4-5-9)14(12,13)7-6-10-8-2-3-8/h8-10H,2-7H2,1H3. The van der Waals surface area contributed by atoms with Crippen molar-refractivity contribution < 1.29 is 8.42 Å². The lowest BCUT2D eigenvalue weighted by Gasteiger charge is -2.16. The average molecular weight is 218 g/mol. The summed E-state index contributed by atoms with van der Waals surface area (Å²) in [5.74, 6) is 0.247. The molecule has 14 heavy (non-hydrogen) atoms. The third-order valence-corrected chi connectivity index (χ3v) is 4.77. The summed E-state index contributed by atoms with van der Waals surface area (Å²) in [6, 6.07) is 0.886. The number of rotatable bonds is 6. The van der Waals surface area contributed by atoms with E-state index in [1.807, 2.05) is 0 Å². The maximum Gasteiger partial charge on any atom is 0.215 e. The van der Waals surface area contributed by atoms with Gasteiger partial charge in [-0.3, -0.25) is 0 Å². The molecule has 4 nitrogen and oxygen atoms in total. The number of hydrogen-bond acceptors (Lipinski definition) is 3. The molecule has 0 bridgehead atoms. The predicted octanol–water partition coefficient (Wildman–Crippen LogP) is 0.162. The van der Waals surface area contributed by atoms with E-state index in [2.05, 4.69) is 5.32 Å². The molecule has 0 aromatic carbocycles. The minimum Gasteiger partial charge on any atom is -0.313 e. The highest BCUT2D eigenvalue weighted by Gasteiger charge is 2.33. The minimum absolute atomic E-state index is 0.247. The first-order valence-electron chi connectivity index (χ1n) is 5.29. The molecule has 2 saturated carbocycles. The van der Waals surface area contributed by atoms with E-state index in [1.165, 1.54) is 12.8 Å². The topological polar surface area (TPSA) is 49.4 Å². The fourth-order valence-electron chi connectivity index (χ4n) is 1.49. The Morgan fingerprint density at radius 3 is 2.43 bits per heavy atom. The van der Waals surface area contributed by atoms with Crippen LogP contribution in [0.5, 0.6) is 0 Å². The molecule has 0 radical (unpaired) electrons. The highest BCUT2D eigenvalue weighted by Crippen LogP contribution is 2.27. The summed E-state index contributed by atoms with van der Waals surface area (Å²) in [7, 11) is -1.30. The summed E-state index contributed by atoms with van der Waals surface area (Å²) < 4.78 is 24.9. The lowest BCUT2D eigenvalue weighted by atomic mass is 10.6. The van der Waals surface area contributed by atoms with Crippen molar-refractivity contribution in [3.63, 3.8) is 0 Å². The van der Waals surface area contributed by atoms with Crippen LogP contribution in [0.3, 0.4) is 0 Å². The van der Waals surface area contributed by atoms with Gasteiger partial charge in [-0.05, 0) is 25.7 Å². The van der Waals surface area contributed by atoms with Gasteiger partial charge >= 0.3 is 0 Å². The van der Waals surface area contributed by atoms with Crippen molar-refractivity contribution in [1.29, 1.82) is 0 Å². The molecule has 5 heteroatoms. The van der Waals surface area contributed by atoms with E-state index in [-0.39, 0.29) is 5.75 Å². The second-order valence-electron chi connectivity index (χ2n) is 4.29. The monoisotopic (exact) mass is 218 g/mol. The Bertz CT molecular complexity index is 294. The number of hydrogen-bond donors (Lipinski definition) is 1. The summed E-state index contributed by atoms with van der Waals surface area (Å²) >= 11 is 0. The van der Waals surface area contributed by atoms with Gasteiger partial charge in [-0.15, -0.1) is 0 Å². The Morgan fingerprint density at radius 1 is 1.29 bits per heavy atom. The first-order chi connectivity index (χ1) is 6.59. The molecule has 0 unspecified atom stereocenters. The van der Waals surface area contributed by atoms with Crippen molar-refractivity contribution in [3.8, 4) is 0 Å². The lowest BCUT2D eigenvalue weighted by molar-refractivity contribution is 0.462. The fourth-order valence-corrected chi connectivity index (χ4v) is 2.82. The highest BCUT2D eigenvalue weighted by molar-refractivity contribution is 7.89. The van der Waals surface area contributed by atoms with E-state index in [0.717, 1.165) is 12.8 Å². The van der Waals surface area contributed by atoms with E-state index in [9.17, 15) is 8.42 Å².